The topological polar surface area (TPSA) is 135 Å². The number of halogens is 1. The van der Waals surface area contributed by atoms with Gasteiger partial charge in [-0.2, -0.15) is 4.98 Å². The van der Waals surface area contributed by atoms with E-state index >= 15 is 0 Å². The Kier molecular flexibility index (Phi) is 7.92. The lowest BCUT2D eigenvalue weighted by Gasteiger charge is -2.37. The van der Waals surface area contributed by atoms with Crippen molar-refractivity contribution in [3.63, 3.8) is 0 Å². The molecule has 3 aromatic heterocycles. The molecule has 0 unspecified atom stereocenters. The number of aromatic nitrogens is 6. The Morgan fingerprint density at radius 1 is 1.07 bits per heavy atom. The standard InChI is InChI=1S/C32H34ClN7O4/c1-19-7-9-20(10-8-19)16-40-27-26(23-13-21(17-41)14-24(33)15-23)34-29(30-37-32(42)44-38-30)35-28(27)36-31(40)39-11-12-43-18-25(39)22-5-3-2-4-6-22/h2-6,13-15,19-20,25,41H,7-12,16-18H2,1H3,(H,37,38,42)/t19?,20?,25-/m0/s1. The van der Waals surface area contributed by atoms with E-state index in [4.69, 9.17) is 35.8 Å². The summed E-state index contributed by atoms with van der Waals surface area (Å²) < 4.78 is 13.0. The van der Waals surface area contributed by atoms with Crippen LogP contribution in [0, 0.1) is 11.8 Å². The Labute approximate surface area is 258 Å². The van der Waals surface area contributed by atoms with Gasteiger partial charge in [-0.3, -0.25) is 9.51 Å². The predicted molar refractivity (Wildman–Crippen MR) is 166 cm³/mol. The van der Waals surface area contributed by atoms with Crippen LogP contribution in [0.1, 0.15) is 49.8 Å². The fourth-order valence-electron chi connectivity index (χ4n) is 6.49. The van der Waals surface area contributed by atoms with Crippen LogP contribution < -0.4 is 10.7 Å². The molecular formula is C32H34ClN7O4. The zero-order valence-corrected chi connectivity index (χ0v) is 25.2. The number of aliphatic hydroxyl groups excluding tert-OH is 1. The van der Waals surface area contributed by atoms with Crippen LogP contribution >= 0.6 is 11.6 Å². The molecule has 0 radical (unpaired) electrons. The fourth-order valence-corrected chi connectivity index (χ4v) is 6.75. The number of hydrogen-bond donors (Lipinski definition) is 2. The summed E-state index contributed by atoms with van der Waals surface area (Å²) in [6.07, 6.45) is 4.65. The van der Waals surface area contributed by atoms with Crippen LogP contribution in [0.15, 0.2) is 57.8 Å². The van der Waals surface area contributed by atoms with Crippen molar-refractivity contribution in [2.24, 2.45) is 11.8 Å². The Balaban J connectivity index is 1.47. The number of anilines is 1. The predicted octanol–water partition coefficient (Wildman–Crippen LogP) is 5.39. The molecule has 4 heterocycles. The highest BCUT2D eigenvalue weighted by Crippen LogP contribution is 2.39. The third-order valence-corrected chi connectivity index (χ3v) is 9.01. The number of ether oxygens (including phenoxy) is 1. The van der Waals surface area contributed by atoms with E-state index in [9.17, 15) is 9.90 Å². The van der Waals surface area contributed by atoms with Crippen LogP contribution in [0.4, 0.5) is 5.95 Å². The number of imidazole rings is 1. The van der Waals surface area contributed by atoms with Gasteiger partial charge in [0.2, 0.25) is 17.6 Å². The molecule has 1 aliphatic carbocycles. The van der Waals surface area contributed by atoms with Crippen LogP contribution in [-0.4, -0.2) is 54.5 Å². The zero-order chi connectivity index (χ0) is 30.2. The largest absolute Gasteiger partial charge is 0.439 e. The summed E-state index contributed by atoms with van der Waals surface area (Å²) in [4.78, 5) is 31.7. The Morgan fingerprint density at radius 2 is 1.89 bits per heavy atom. The van der Waals surface area contributed by atoms with E-state index < -0.39 is 5.76 Å². The van der Waals surface area contributed by atoms with Gasteiger partial charge in [0.1, 0.15) is 11.2 Å². The molecule has 2 N–H and O–H groups in total. The number of rotatable bonds is 7. The van der Waals surface area contributed by atoms with Gasteiger partial charge in [0.25, 0.3) is 0 Å². The number of hydrogen-bond acceptors (Lipinski definition) is 9. The molecule has 1 saturated carbocycles. The van der Waals surface area contributed by atoms with Crippen molar-refractivity contribution in [1.82, 2.24) is 29.7 Å². The van der Waals surface area contributed by atoms with Crippen molar-refractivity contribution in [1.29, 1.82) is 0 Å². The average molecular weight is 616 g/mol. The van der Waals surface area contributed by atoms with E-state index in [1.165, 1.54) is 12.8 Å². The molecule has 0 spiro atoms. The molecule has 5 aromatic rings. The number of morpholine rings is 1. The Bertz CT molecular complexity index is 1830. The molecule has 2 aliphatic rings. The zero-order valence-electron chi connectivity index (χ0n) is 24.4. The van der Waals surface area contributed by atoms with Gasteiger partial charge in [-0.25, -0.2) is 14.8 Å². The number of benzene rings is 2. The minimum atomic E-state index is -0.702. The molecule has 1 aliphatic heterocycles. The van der Waals surface area contributed by atoms with Crippen molar-refractivity contribution in [3.8, 4) is 22.9 Å². The lowest BCUT2D eigenvalue weighted by atomic mass is 9.83. The molecule has 11 nitrogen and oxygen atoms in total. The maximum atomic E-state index is 11.9. The van der Waals surface area contributed by atoms with Gasteiger partial charge in [-0.15, -0.1) is 0 Å². The normalized spacial score (nSPS) is 20.8. The van der Waals surface area contributed by atoms with E-state index in [0.29, 0.717) is 53.2 Å². The average Bonchev–Trinajstić information content (AvgIpc) is 3.65. The maximum Gasteiger partial charge on any atom is 0.439 e. The first kappa shape index (κ1) is 28.7. The number of fused-ring (bicyclic) bond motifs is 1. The highest BCUT2D eigenvalue weighted by Gasteiger charge is 2.32. The van der Waals surface area contributed by atoms with Crippen molar-refractivity contribution in [2.75, 3.05) is 24.7 Å². The SMILES string of the molecule is CC1CCC(Cn2c(N3CCOC[C@H]3c3ccccc3)nc3nc(-c4noc(=O)[nH]4)nc(-c4cc(Cl)cc(CO)c4)c32)CC1. The minimum Gasteiger partial charge on any atom is -0.392 e. The van der Waals surface area contributed by atoms with Crippen molar-refractivity contribution in [2.45, 2.75) is 51.8 Å². The number of nitrogens with one attached hydrogen (secondary N) is 1. The van der Waals surface area contributed by atoms with E-state index in [2.05, 4.69) is 38.7 Å². The molecule has 0 bridgehead atoms. The monoisotopic (exact) mass is 615 g/mol. The van der Waals surface area contributed by atoms with Crippen LogP contribution in [0.25, 0.3) is 34.1 Å². The van der Waals surface area contributed by atoms with Gasteiger partial charge >= 0.3 is 5.76 Å². The molecule has 2 aromatic carbocycles. The van der Waals surface area contributed by atoms with Crippen LogP contribution in [0.2, 0.25) is 5.02 Å². The first-order valence-corrected chi connectivity index (χ1v) is 15.5. The lowest BCUT2D eigenvalue weighted by molar-refractivity contribution is 0.0927. The highest BCUT2D eigenvalue weighted by atomic mass is 35.5. The van der Waals surface area contributed by atoms with Crippen molar-refractivity contribution >= 4 is 28.7 Å². The van der Waals surface area contributed by atoms with Crippen molar-refractivity contribution in [3.05, 3.63) is 75.2 Å². The minimum absolute atomic E-state index is 0.0400. The quantitative estimate of drug-likeness (QED) is 0.247. The first-order valence-electron chi connectivity index (χ1n) is 15.1. The van der Waals surface area contributed by atoms with E-state index in [-0.39, 0.29) is 24.3 Å². The maximum absolute atomic E-state index is 11.9. The van der Waals surface area contributed by atoms with Crippen LogP contribution in [-0.2, 0) is 17.9 Å². The molecule has 12 heteroatoms. The number of H-pyrrole nitrogens is 1. The Hall–Kier alpha value is -4.06. The summed E-state index contributed by atoms with van der Waals surface area (Å²) in [5.41, 5.74) is 4.31. The smallest absolute Gasteiger partial charge is 0.392 e. The van der Waals surface area contributed by atoms with Crippen LogP contribution in [0.3, 0.4) is 0 Å². The van der Waals surface area contributed by atoms with Gasteiger partial charge in [0.05, 0.1) is 25.9 Å². The molecule has 1 atom stereocenters. The van der Waals surface area contributed by atoms with E-state index in [1.54, 1.807) is 6.07 Å². The number of aliphatic hydroxyl groups is 1. The summed E-state index contributed by atoms with van der Waals surface area (Å²) in [5.74, 6) is 1.56. The molecule has 228 valence electrons. The fraction of sp³-hybridized carbons (Fsp3) is 0.406. The summed E-state index contributed by atoms with van der Waals surface area (Å²) in [5, 5.41) is 14.3. The molecular weight excluding hydrogens is 582 g/mol. The molecule has 7 rings (SSSR count). The van der Waals surface area contributed by atoms with Crippen molar-refractivity contribution < 1.29 is 14.4 Å². The second-order valence-corrected chi connectivity index (χ2v) is 12.3. The summed E-state index contributed by atoms with van der Waals surface area (Å²) in [6, 6.07) is 15.7. The van der Waals surface area contributed by atoms with Gasteiger partial charge in [-0.05, 0) is 54.0 Å². The molecule has 1 saturated heterocycles. The van der Waals surface area contributed by atoms with Gasteiger partial charge < -0.3 is 19.3 Å². The third kappa shape index (κ3) is 5.62. The van der Waals surface area contributed by atoms with Gasteiger partial charge in [-0.1, -0.05) is 66.9 Å². The summed E-state index contributed by atoms with van der Waals surface area (Å²) in [6.45, 7) is 4.66. The third-order valence-electron chi connectivity index (χ3n) is 8.79. The first-order chi connectivity index (χ1) is 21.5. The summed E-state index contributed by atoms with van der Waals surface area (Å²) >= 11 is 6.54. The molecule has 44 heavy (non-hydrogen) atoms. The van der Waals surface area contributed by atoms with E-state index in [0.717, 1.165) is 42.3 Å². The van der Waals surface area contributed by atoms with Crippen LogP contribution in [0.5, 0.6) is 0 Å². The summed E-state index contributed by atoms with van der Waals surface area (Å²) in [7, 11) is 0. The number of aromatic amines is 1. The molecule has 0 amide bonds. The van der Waals surface area contributed by atoms with E-state index in [1.807, 2.05) is 30.3 Å². The van der Waals surface area contributed by atoms with Gasteiger partial charge in [0.15, 0.2) is 5.65 Å². The molecule has 2 fully saturated rings. The highest BCUT2D eigenvalue weighted by molar-refractivity contribution is 6.31. The Morgan fingerprint density at radius 3 is 2.64 bits per heavy atom. The second kappa shape index (κ2) is 12.1. The second-order valence-electron chi connectivity index (χ2n) is 11.9. The lowest BCUT2D eigenvalue weighted by Crippen LogP contribution is -2.41. The number of nitrogens with zero attached hydrogens (tertiary/aromatic N) is 6. The van der Waals surface area contributed by atoms with Gasteiger partial charge in [0, 0.05) is 23.7 Å².